The molecule has 0 bridgehead atoms. The summed E-state index contributed by atoms with van der Waals surface area (Å²) >= 11 is 0. The lowest BCUT2D eigenvalue weighted by Crippen LogP contribution is -2.40. The van der Waals surface area contributed by atoms with Gasteiger partial charge in [-0.2, -0.15) is 0 Å². The molecule has 30 heavy (non-hydrogen) atoms. The lowest BCUT2D eigenvalue weighted by atomic mass is 10.0. The monoisotopic (exact) mass is 422 g/mol. The van der Waals surface area contributed by atoms with Crippen molar-refractivity contribution in [1.82, 2.24) is 10.2 Å². The minimum Gasteiger partial charge on any atom is -0.491 e. The van der Waals surface area contributed by atoms with E-state index in [9.17, 15) is 9.59 Å². The van der Waals surface area contributed by atoms with Gasteiger partial charge in [0.05, 0.1) is 19.2 Å². The van der Waals surface area contributed by atoms with Crippen molar-refractivity contribution in [3.63, 3.8) is 0 Å². The Kier molecular flexibility index (Phi) is 10.1. The van der Waals surface area contributed by atoms with Crippen LogP contribution >= 0.6 is 0 Å². The number of rotatable bonds is 7. The second kappa shape index (κ2) is 12.0. The molecule has 0 saturated carbocycles. The Hall–Kier alpha value is -2.77. The first-order valence-electron chi connectivity index (χ1n) is 10.0. The predicted octanol–water partition coefficient (Wildman–Crippen LogP) is 3.45. The topological polar surface area (TPSA) is 94.2 Å². The molecule has 1 N–H and O–H groups in total. The van der Waals surface area contributed by atoms with Crippen LogP contribution in [0.5, 0.6) is 5.75 Å². The molecule has 0 aromatic heterocycles. The summed E-state index contributed by atoms with van der Waals surface area (Å²) in [5, 5.41) is 2.77. The van der Waals surface area contributed by atoms with E-state index in [-0.39, 0.29) is 18.1 Å². The fraction of sp³-hybridized carbons (Fsp3) is 0.591. The molecule has 8 heteroatoms. The SMILES string of the molecule is CC(COc1ccccc1C1CCC(C)N1C=O)NC(=O)OC(C)(C)C.COC=O. The van der Waals surface area contributed by atoms with Crippen molar-refractivity contribution in [1.29, 1.82) is 0 Å². The van der Waals surface area contributed by atoms with Gasteiger partial charge < -0.3 is 24.4 Å². The standard InChI is InChI=1S/C20H30N2O4.C2H4O2/c1-14(21-19(24)26-20(3,4)5)12-25-18-9-7-6-8-16(18)17-11-10-15(2)22(17)13-23;1-4-2-3/h6-9,13-15,17H,10-12H2,1-5H3,(H,21,24);2H,1H3. The van der Waals surface area contributed by atoms with E-state index in [0.29, 0.717) is 13.1 Å². The molecule has 0 spiro atoms. The Morgan fingerprint density at radius 2 is 1.90 bits per heavy atom. The smallest absolute Gasteiger partial charge is 0.407 e. The number of nitrogens with one attached hydrogen (secondary N) is 1. The lowest BCUT2D eigenvalue weighted by Gasteiger charge is -2.26. The molecule has 1 fully saturated rings. The van der Waals surface area contributed by atoms with Gasteiger partial charge in [0.15, 0.2) is 0 Å². The summed E-state index contributed by atoms with van der Waals surface area (Å²) in [6.07, 6.45) is 2.37. The van der Waals surface area contributed by atoms with Crippen LogP contribution < -0.4 is 10.1 Å². The molecule has 1 aliphatic rings. The second-order valence-corrected chi connectivity index (χ2v) is 8.22. The van der Waals surface area contributed by atoms with E-state index in [2.05, 4.69) is 17.0 Å². The molecule has 2 rings (SSSR count). The average Bonchev–Trinajstić information content (AvgIpc) is 3.05. The van der Waals surface area contributed by atoms with Crippen molar-refractivity contribution in [3.8, 4) is 5.75 Å². The van der Waals surface area contributed by atoms with Crippen molar-refractivity contribution in [2.75, 3.05) is 13.7 Å². The third kappa shape index (κ3) is 8.31. The van der Waals surface area contributed by atoms with Gasteiger partial charge in [-0.05, 0) is 53.5 Å². The van der Waals surface area contributed by atoms with Gasteiger partial charge in [-0.3, -0.25) is 9.59 Å². The zero-order chi connectivity index (χ0) is 22.7. The number of carbonyl (C=O) groups excluding carboxylic acids is 3. The van der Waals surface area contributed by atoms with Gasteiger partial charge in [0.2, 0.25) is 6.41 Å². The summed E-state index contributed by atoms with van der Waals surface area (Å²) in [5.41, 5.74) is 0.475. The number of hydrogen-bond acceptors (Lipinski definition) is 6. The Morgan fingerprint density at radius 3 is 2.47 bits per heavy atom. The van der Waals surface area contributed by atoms with Crippen molar-refractivity contribution in [2.24, 2.45) is 0 Å². The predicted molar refractivity (Wildman–Crippen MR) is 113 cm³/mol. The normalized spacial score (nSPS) is 19.1. The highest BCUT2D eigenvalue weighted by atomic mass is 16.6. The maximum Gasteiger partial charge on any atom is 0.407 e. The molecule has 1 saturated heterocycles. The minimum atomic E-state index is -0.533. The fourth-order valence-corrected chi connectivity index (χ4v) is 3.15. The molecule has 0 radical (unpaired) electrons. The number of likely N-dealkylation sites (tertiary alicyclic amines) is 1. The van der Waals surface area contributed by atoms with Crippen LogP contribution in [0.3, 0.4) is 0 Å². The highest BCUT2D eigenvalue weighted by Gasteiger charge is 2.32. The van der Waals surface area contributed by atoms with E-state index in [1.165, 1.54) is 7.11 Å². The number of para-hydroxylation sites is 1. The largest absolute Gasteiger partial charge is 0.491 e. The summed E-state index contributed by atoms with van der Waals surface area (Å²) in [4.78, 5) is 34.1. The number of amides is 2. The van der Waals surface area contributed by atoms with Gasteiger partial charge in [-0.15, -0.1) is 0 Å². The quantitative estimate of drug-likeness (QED) is 0.677. The van der Waals surface area contributed by atoms with Crippen molar-refractivity contribution in [2.45, 2.75) is 71.2 Å². The molecule has 0 aliphatic carbocycles. The number of nitrogens with zero attached hydrogens (tertiary/aromatic N) is 1. The van der Waals surface area contributed by atoms with Crippen LogP contribution in [0.2, 0.25) is 0 Å². The molecule has 8 nitrogen and oxygen atoms in total. The molecule has 1 aliphatic heterocycles. The molecule has 2 amide bonds. The number of methoxy groups -OCH3 is 1. The molecule has 1 aromatic carbocycles. The zero-order valence-electron chi connectivity index (χ0n) is 18.7. The van der Waals surface area contributed by atoms with Crippen LogP contribution in [0.15, 0.2) is 24.3 Å². The molecule has 1 aromatic rings. The number of carbonyl (C=O) groups is 3. The first kappa shape index (κ1) is 25.3. The fourth-order valence-electron chi connectivity index (χ4n) is 3.15. The van der Waals surface area contributed by atoms with Crippen LogP contribution in [0.1, 0.15) is 59.1 Å². The number of ether oxygens (including phenoxy) is 3. The van der Waals surface area contributed by atoms with Crippen LogP contribution in [-0.4, -0.2) is 55.3 Å². The molecular formula is C22H34N2O6. The maximum absolute atomic E-state index is 11.8. The maximum atomic E-state index is 11.8. The summed E-state index contributed by atoms with van der Waals surface area (Å²) in [7, 11) is 1.31. The zero-order valence-corrected chi connectivity index (χ0v) is 18.7. The Labute approximate surface area is 178 Å². The molecule has 1 heterocycles. The van der Waals surface area contributed by atoms with Crippen molar-refractivity contribution >= 4 is 19.0 Å². The Morgan fingerprint density at radius 1 is 1.27 bits per heavy atom. The third-order valence-corrected chi connectivity index (χ3v) is 4.47. The number of hydrogen-bond donors (Lipinski definition) is 1. The van der Waals surface area contributed by atoms with Gasteiger partial charge in [0.1, 0.15) is 18.0 Å². The van der Waals surface area contributed by atoms with Crippen LogP contribution in [-0.2, 0) is 19.1 Å². The van der Waals surface area contributed by atoms with E-state index >= 15 is 0 Å². The minimum absolute atomic E-state index is 0.0350. The molecule has 168 valence electrons. The second-order valence-electron chi connectivity index (χ2n) is 8.22. The summed E-state index contributed by atoms with van der Waals surface area (Å²) in [6.45, 7) is 10.1. The number of alkyl carbamates (subject to hydrolysis) is 1. The van der Waals surface area contributed by atoms with E-state index in [1.54, 1.807) is 0 Å². The van der Waals surface area contributed by atoms with Gasteiger partial charge >= 0.3 is 6.09 Å². The Bertz CT molecular complexity index is 688. The summed E-state index contributed by atoms with van der Waals surface area (Å²) in [5.74, 6) is 0.747. The number of benzene rings is 1. The van der Waals surface area contributed by atoms with Crippen LogP contribution in [0.4, 0.5) is 4.79 Å². The van der Waals surface area contributed by atoms with E-state index in [0.717, 1.165) is 30.6 Å². The van der Waals surface area contributed by atoms with Gasteiger partial charge in [0, 0.05) is 11.6 Å². The summed E-state index contributed by atoms with van der Waals surface area (Å²) < 4.78 is 15.1. The van der Waals surface area contributed by atoms with Gasteiger partial charge in [0.25, 0.3) is 6.47 Å². The van der Waals surface area contributed by atoms with Crippen molar-refractivity contribution < 1.29 is 28.6 Å². The van der Waals surface area contributed by atoms with E-state index < -0.39 is 11.7 Å². The van der Waals surface area contributed by atoms with Crippen LogP contribution in [0, 0.1) is 0 Å². The third-order valence-electron chi connectivity index (χ3n) is 4.47. The van der Waals surface area contributed by atoms with E-state index in [1.807, 2.05) is 56.9 Å². The van der Waals surface area contributed by atoms with Gasteiger partial charge in [-0.25, -0.2) is 4.79 Å². The van der Waals surface area contributed by atoms with Crippen molar-refractivity contribution in [3.05, 3.63) is 29.8 Å². The molecule has 3 atom stereocenters. The van der Waals surface area contributed by atoms with E-state index in [4.69, 9.17) is 14.3 Å². The average molecular weight is 423 g/mol. The lowest BCUT2D eigenvalue weighted by molar-refractivity contribution is -0.126. The highest BCUT2D eigenvalue weighted by Crippen LogP contribution is 2.38. The molecular weight excluding hydrogens is 388 g/mol. The molecule has 3 unspecified atom stereocenters. The first-order chi connectivity index (χ1) is 14.1. The first-order valence-corrected chi connectivity index (χ1v) is 10.0. The highest BCUT2D eigenvalue weighted by molar-refractivity contribution is 5.68. The van der Waals surface area contributed by atoms with Gasteiger partial charge in [-0.1, -0.05) is 18.2 Å². The van der Waals surface area contributed by atoms with Crippen LogP contribution in [0.25, 0.3) is 0 Å². The Balaban J connectivity index is 0.00000103. The summed E-state index contributed by atoms with van der Waals surface area (Å²) in [6, 6.07) is 7.83.